The van der Waals surface area contributed by atoms with E-state index in [-0.39, 0.29) is 0 Å². The molecule has 1 fully saturated rings. The highest BCUT2D eigenvalue weighted by atomic mass is 15.1. The number of rotatable bonds is 2. The first-order valence-corrected chi connectivity index (χ1v) is 5.51. The highest BCUT2D eigenvalue weighted by molar-refractivity contribution is 5.10. The molecule has 0 aromatic heterocycles. The summed E-state index contributed by atoms with van der Waals surface area (Å²) >= 11 is 0. The smallest absolute Gasteiger partial charge is 0.0287 e. The van der Waals surface area contributed by atoms with E-state index >= 15 is 0 Å². The number of nitrogens with zero attached hydrogens (tertiary/aromatic N) is 1. The zero-order valence-corrected chi connectivity index (χ0v) is 9.84. The molecule has 0 radical (unpaired) electrons. The largest absolute Gasteiger partial charge is 0.372 e. The first-order valence-electron chi connectivity index (χ1n) is 5.51. The number of hydrogen-bond donors (Lipinski definition) is 0. The van der Waals surface area contributed by atoms with Crippen LogP contribution in [-0.2, 0) is 0 Å². The maximum Gasteiger partial charge on any atom is 0.0287 e. The summed E-state index contributed by atoms with van der Waals surface area (Å²) in [5.41, 5.74) is 1.54. The van der Waals surface area contributed by atoms with E-state index in [0.717, 1.165) is 24.7 Å². The SMILES string of the molecule is C=CC(=C)N1CCC(C(C)(C)C)CC1. The number of piperidine rings is 1. The highest BCUT2D eigenvalue weighted by Gasteiger charge is 2.28. The third kappa shape index (κ3) is 2.63. The average Bonchev–Trinajstić information content (AvgIpc) is 2.15. The Balaban J connectivity index is 2.46. The molecule has 0 N–H and O–H groups in total. The van der Waals surface area contributed by atoms with Gasteiger partial charge in [-0.05, 0) is 30.3 Å². The molecule has 1 aliphatic heterocycles. The molecule has 0 atom stereocenters. The molecule has 0 saturated carbocycles. The Labute approximate surface area is 88.5 Å². The average molecular weight is 193 g/mol. The molecule has 1 heterocycles. The molecule has 0 aromatic rings. The molecule has 0 bridgehead atoms. The molecule has 0 aliphatic carbocycles. The van der Waals surface area contributed by atoms with Gasteiger partial charge in [0.15, 0.2) is 0 Å². The lowest BCUT2D eigenvalue weighted by molar-refractivity contribution is 0.135. The standard InChI is InChI=1S/C13H23N/c1-6-11(2)14-9-7-12(8-10-14)13(3,4)5/h6,12H,1-2,7-10H2,3-5H3. The summed E-state index contributed by atoms with van der Waals surface area (Å²) in [5, 5.41) is 0. The maximum atomic E-state index is 3.99. The lowest BCUT2D eigenvalue weighted by Crippen LogP contribution is -2.36. The van der Waals surface area contributed by atoms with E-state index in [0.29, 0.717) is 5.41 Å². The van der Waals surface area contributed by atoms with Crippen LogP contribution in [0.3, 0.4) is 0 Å². The van der Waals surface area contributed by atoms with Gasteiger partial charge in [-0.15, -0.1) is 0 Å². The van der Waals surface area contributed by atoms with Crippen molar-refractivity contribution in [3.63, 3.8) is 0 Å². The van der Waals surface area contributed by atoms with Crippen LogP contribution in [0.25, 0.3) is 0 Å². The zero-order chi connectivity index (χ0) is 10.8. The monoisotopic (exact) mass is 193 g/mol. The first kappa shape index (κ1) is 11.4. The van der Waals surface area contributed by atoms with Gasteiger partial charge in [0.05, 0.1) is 0 Å². The maximum absolute atomic E-state index is 3.99. The Kier molecular flexibility index (Phi) is 3.41. The van der Waals surface area contributed by atoms with E-state index in [1.807, 2.05) is 6.08 Å². The molecule has 0 spiro atoms. The van der Waals surface area contributed by atoms with E-state index in [1.165, 1.54) is 12.8 Å². The molecule has 1 aliphatic rings. The van der Waals surface area contributed by atoms with Crippen molar-refractivity contribution in [1.29, 1.82) is 0 Å². The van der Waals surface area contributed by atoms with Crippen LogP contribution in [0, 0.1) is 11.3 Å². The van der Waals surface area contributed by atoms with Crippen molar-refractivity contribution >= 4 is 0 Å². The van der Waals surface area contributed by atoms with Crippen LogP contribution in [0.2, 0.25) is 0 Å². The Hall–Kier alpha value is -0.720. The minimum atomic E-state index is 0.460. The molecule has 0 amide bonds. The summed E-state index contributed by atoms with van der Waals surface area (Å²) in [7, 11) is 0. The Morgan fingerprint density at radius 3 is 2.14 bits per heavy atom. The lowest BCUT2D eigenvalue weighted by atomic mass is 9.75. The normalized spacial score (nSPS) is 19.5. The summed E-state index contributed by atoms with van der Waals surface area (Å²) < 4.78 is 0. The molecule has 0 aromatic carbocycles. The molecule has 14 heavy (non-hydrogen) atoms. The topological polar surface area (TPSA) is 3.24 Å². The van der Waals surface area contributed by atoms with Crippen molar-refractivity contribution in [1.82, 2.24) is 4.90 Å². The minimum absolute atomic E-state index is 0.460. The second kappa shape index (κ2) is 4.20. The third-order valence-electron chi connectivity index (χ3n) is 3.36. The van der Waals surface area contributed by atoms with Crippen LogP contribution in [0.15, 0.2) is 24.9 Å². The van der Waals surface area contributed by atoms with Crippen LogP contribution in [0.4, 0.5) is 0 Å². The molecule has 1 saturated heterocycles. The van der Waals surface area contributed by atoms with Crippen LogP contribution in [0.5, 0.6) is 0 Å². The number of hydrogen-bond acceptors (Lipinski definition) is 1. The van der Waals surface area contributed by atoms with Gasteiger partial charge in [-0.25, -0.2) is 0 Å². The van der Waals surface area contributed by atoms with Gasteiger partial charge < -0.3 is 4.90 Å². The zero-order valence-electron chi connectivity index (χ0n) is 9.84. The van der Waals surface area contributed by atoms with Crippen molar-refractivity contribution in [3.8, 4) is 0 Å². The Morgan fingerprint density at radius 2 is 1.79 bits per heavy atom. The van der Waals surface area contributed by atoms with Gasteiger partial charge in [-0.1, -0.05) is 33.9 Å². The number of allylic oxidation sites excluding steroid dienone is 1. The Bertz CT molecular complexity index is 214. The first-order chi connectivity index (χ1) is 6.45. The van der Waals surface area contributed by atoms with E-state index in [9.17, 15) is 0 Å². The molecule has 0 unspecified atom stereocenters. The molecular formula is C13H23N. The van der Waals surface area contributed by atoms with Crippen LogP contribution >= 0.6 is 0 Å². The lowest BCUT2D eigenvalue weighted by Gasteiger charge is -2.39. The predicted octanol–water partition coefficient (Wildman–Crippen LogP) is 3.44. The summed E-state index contributed by atoms with van der Waals surface area (Å²) in [6.07, 6.45) is 4.43. The van der Waals surface area contributed by atoms with E-state index in [1.54, 1.807) is 0 Å². The van der Waals surface area contributed by atoms with E-state index in [2.05, 4.69) is 38.8 Å². The highest BCUT2D eigenvalue weighted by Crippen LogP contribution is 2.34. The van der Waals surface area contributed by atoms with Crippen LogP contribution in [-0.4, -0.2) is 18.0 Å². The van der Waals surface area contributed by atoms with Gasteiger partial charge in [-0.2, -0.15) is 0 Å². The third-order valence-corrected chi connectivity index (χ3v) is 3.36. The summed E-state index contributed by atoms with van der Waals surface area (Å²) in [6, 6.07) is 0. The number of likely N-dealkylation sites (tertiary alicyclic amines) is 1. The van der Waals surface area contributed by atoms with Crippen molar-refractivity contribution in [3.05, 3.63) is 24.9 Å². The van der Waals surface area contributed by atoms with Gasteiger partial charge in [-0.3, -0.25) is 0 Å². The summed E-state index contributed by atoms with van der Waals surface area (Å²) in [4.78, 5) is 2.34. The van der Waals surface area contributed by atoms with Gasteiger partial charge in [0.25, 0.3) is 0 Å². The second-order valence-corrected chi connectivity index (χ2v) is 5.32. The minimum Gasteiger partial charge on any atom is -0.372 e. The van der Waals surface area contributed by atoms with Gasteiger partial charge >= 0.3 is 0 Å². The van der Waals surface area contributed by atoms with Crippen LogP contribution < -0.4 is 0 Å². The second-order valence-electron chi connectivity index (χ2n) is 5.32. The fourth-order valence-electron chi connectivity index (χ4n) is 2.16. The van der Waals surface area contributed by atoms with Gasteiger partial charge in [0.1, 0.15) is 0 Å². The Morgan fingerprint density at radius 1 is 1.29 bits per heavy atom. The fraction of sp³-hybridized carbons (Fsp3) is 0.692. The molecule has 1 rings (SSSR count). The van der Waals surface area contributed by atoms with Crippen LogP contribution in [0.1, 0.15) is 33.6 Å². The fourth-order valence-corrected chi connectivity index (χ4v) is 2.16. The van der Waals surface area contributed by atoms with E-state index < -0.39 is 0 Å². The predicted molar refractivity (Wildman–Crippen MR) is 63.1 cm³/mol. The van der Waals surface area contributed by atoms with E-state index in [4.69, 9.17) is 0 Å². The molecule has 80 valence electrons. The molecule has 1 nitrogen and oxygen atoms in total. The summed E-state index contributed by atoms with van der Waals surface area (Å²) in [5.74, 6) is 0.858. The molecular weight excluding hydrogens is 170 g/mol. The molecule has 1 heteroatoms. The summed E-state index contributed by atoms with van der Waals surface area (Å²) in [6.45, 7) is 17.1. The van der Waals surface area contributed by atoms with Crippen molar-refractivity contribution < 1.29 is 0 Å². The quantitative estimate of drug-likeness (QED) is 0.607. The van der Waals surface area contributed by atoms with Gasteiger partial charge in [0, 0.05) is 18.8 Å². The van der Waals surface area contributed by atoms with Crippen molar-refractivity contribution in [2.45, 2.75) is 33.6 Å². The van der Waals surface area contributed by atoms with Crippen molar-refractivity contribution in [2.75, 3.05) is 13.1 Å². The van der Waals surface area contributed by atoms with Gasteiger partial charge in [0.2, 0.25) is 0 Å². The van der Waals surface area contributed by atoms with Crippen molar-refractivity contribution in [2.24, 2.45) is 11.3 Å².